The van der Waals surface area contributed by atoms with Gasteiger partial charge in [-0.3, -0.25) is 0 Å². The van der Waals surface area contributed by atoms with Crippen LogP contribution in [0.4, 0.5) is 0 Å². The molecule has 4 heteroatoms. The van der Waals surface area contributed by atoms with Gasteiger partial charge < -0.3 is 9.68 Å². The minimum Gasteiger partial charge on any atom is -0.407 e. The third-order valence-electron chi connectivity index (χ3n) is 1.10. The predicted molar refractivity (Wildman–Crippen MR) is 36.1 cm³/mol. The van der Waals surface area contributed by atoms with E-state index >= 15 is 0 Å². The standard InChI is InChI=1S/C6H8N2O2/c7-9-5-3-1-2-4-6(5)10-8/h1-4H,7-8H2. The van der Waals surface area contributed by atoms with Crippen molar-refractivity contribution in [1.82, 2.24) is 0 Å². The topological polar surface area (TPSA) is 70.5 Å². The number of hydrogen-bond acceptors (Lipinski definition) is 4. The van der Waals surface area contributed by atoms with E-state index in [9.17, 15) is 0 Å². The Morgan fingerprint density at radius 2 is 1.30 bits per heavy atom. The second kappa shape index (κ2) is 3.05. The van der Waals surface area contributed by atoms with Crippen molar-refractivity contribution >= 4 is 0 Å². The van der Waals surface area contributed by atoms with Crippen molar-refractivity contribution in [2.75, 3.05) is 0 Å². The Balaban J connectivity index is 2.96. The van der Waals surface area contributed by atoms with Crippen LogP contribution in [0.5, 0.6) is 11.5 Å². The number of benzene rings is 1. The molecule has 0 atom stereocenters. The van der Waals surface area contributed by atoms with Gasteiger partial charge in [0.05, 0.1) is 0 Å². The SMILES string of the molecule is NOc1ccccc1ON. The Labute approximate surface area is 58.2 Å². The average molecular weight is 140 g/mol. The molecule has 4 nitrogen and oxygen atoms in total. The van der Waals surface area contributed by atoms with Gasteiger partial charge in [0.2, 0.25) is 0 Å². The number of rotatable bonds is 2. The van der Waals surface area contributed by atoms with E-state index in [1.807, 2.05) is 0 Å². The van der Waals surface area contributed by atoms with Gasteiger partial charge in [0.25, 0.3) is 0 Å². The summed E-state index contributed by atoms with van der Waals surface area (Å²) in [5.41, 5.74) is 0. The Bertz CT molecular complexity index is 192. The molecule has 0 bridgehead atoms. The predicted octanol–water partition coefficient (Wildman–Crippen LogP) is 0.192. The van der Waals surface area contributed by atoms with Gasteiger partial charge in [-0.05, 0) is 12.1 Å². The largest absolute Gasteiger partial charge is 0.407 e. The average Bonchev–Trinajstić information content (AvgIpc) is 2.04. The third-order valence-corrected chi connectivity index (χ3v) is 1.10. The Kier molecular flexibility index (Phi) is 2.09. The molecule has 4 N–H and O–H groups in total. The molecule has 0 aromatic heterocycles. The maximum absolute atomic E-state index is 4.89. The summed E-state index contributed by atoms with van der Waals surface area (Å²) < 4.78 is 0. The van der Waals surface area contributed by atoms with Crippen LogP contribution in [0.25, 0.3) is 0 Å². The number of para-hydroxylation sites is 2. The highest BCUT2D eigenvalue weighted by Gasteiger charge is 1.99. The molecule has 0 aliphatic carbocycles. The highest BCUT2D eigenvalue weighted by Crippen LogP contribution is 2.23. The normalized spacial score (nSPS) is 9.00. The van der Waals surface area contributed by atoms with Gasteiger partial charge >= 0.3 is 0 Å². The fourth-order valence-corrected chi connectivity index (χ4v) is 0.645. The molecule has 0 aliphatic heterocycles. The first-order chi connectivity index (χ1) is 4.88. The van der Waals surface area contributed by atoms with E-state index in [0.29, 0.717) is 11.5 Å². The number of nitrogens with two attached hydrogens (primary N) is 2. The summed E-state index contributed by atoms with van der Waals surface area (Å²) in [7, 11) is 0. The molecular formula is C6H8N2O2. The first-order valence-corrected chi connectivity index (χ1v) is 2.71. The first kappa shape index (κ1) is 6.85. The van der Waals surface area contributed by atoms with E-state index < -0.39 is 0 Å². The molecule has 0 aliphatic rings. The lowest BCUT2D eigenvalue weighted by molar-refractivity contribution is 0.280. The molecule has 10 heavy (non-hydrogen) atoms. The summed E-state index contributed by atoms with van der Waals surface area (Å²) in [5, 5.41) is 0. The molecule has 0 heterocycles. The molecule has 0 fully saturated rings. The van der Waals surface area contributed by atoms with E-state index in [4.69, 9.17) is 11.8 Å². The lowest BCUT2D eigenvalue weighted by Gasteiger charge is -2.02. The molecule has 0 radical (unpaired) electrons. The van der Waals surface area contributed by atoms with Crippen LogP contribution in [0, 0.1) is 0 Å². The maximum Gasteiger partial charge on any atom is 0.191 e. The maximum atomic E-state index is 4.89. The van der Waals surface area contributed by atoms with Crippen molar-refractivity contribution in [2.24, 2.45) is 11.8 Å². The van der Waals surface area contributed by atoms with Gasteiger partial charge in [0, 0.05) is 0 Å². The summed E-state index contributed by atoms with van der Waals surface area (Å²) >= 11 is 0. The van der Waals surface area contributed by atoms with E-state index in [1.54, 1.807) is 24.3 Å². The van der Waals surface area contributed by atoms with E-state index in [-0.39, 0.29) is 0 Å². The zero-order chi connectivity index (χ0) is 7.40. The summed E-state index contributed by atoms with van der Waals surface area (Å²) in [5.74, 6) is 10.6. The first-order valence-electron chi connectivity index (χ1n) is 2.71. The summed E-state index contributed by atoms with van der Waals surface area (Å²) in [6.07, 6.45) is 0. The molecule has 0 saturated heterocycles. The number of hydrogen-bond donors (Lipinski definition) is 2. The Morgan fingerprint density at radius 3 is 1.60 bits per heavy atom. The van der Waals surface area contributed by atoms with Crippen LogP contribution in [0.3, 0.4) is 0 Å². The zero-order valence-electron chi connectivity index (χ0n) is 5.28. The van der Waals surface area contributed by atoms with Crippen LogP contribution in [0.2, 0.25) is 0 Å². The molecule has 0 saturated carbocycles. The summed E-state index contributed by atoms with van der Waals surface area (Å²) in [4.78, 5) is 8.86. The lowest BCUT2D eigenvalue weighted by atomic mass is 10.3. The smallest absolute Gasteiger partial charge is 0.191 e. The Hall–Kier alpha value is -1.26. The van der Waals surface area contributed by atoms with Crippen LogP contribution >= 0.6 is 0 Å². The molecule has 0 amide bonds. The summed E-state index contributed by atoms with van der Waals surface area (Å²) in [6.45, 7) is 0. The van der Waals surface area contributed by atoms with E-state index in [0.717, 1.165) is 0 Å². The fourth-order valence-electron chi connectivity index (χ4n) is 0.645. The van der Waals surface area contributed by atoms with Gasteiger partial charge in [-0.2, -0.15) is 11.8 Å². The van der Waals surface area contributed by atoms with E-state index in [2.05, 4.69) is 9.68 Å². The molecular weight excluding hydrogens is 132 g/mol. The van der Waals surface area contributed by atoms with Gasteiger partial charge in [-0.1, -0.05) is 12.1 Å². The van der Waals surface area contributed by atoms with E-state index in [1.165, 1.54) is 0 Å². The highest BCUT2D eigenvalue weighted by atomic mass is 16.7. The van der Waals surface area contributed by atoms with Crippen molar-refractivity contribution in [2.45, 2.75) is 0 Å². The second-order valence-corrected chi connectivity index (χ2v) is 1.68. The fraction of sp³-hybridized carbons (Fsp3) is 0. The highest BCUT2D eigenvalue weighted by molar-refractivity contribution is 5.38. The molecule has 54 valence electrons. The van der Waals surface area contributed by atoms with Crippen molar-refractivity contribution in [3.8, 4) is 11.5 Å². The molecule has 1 rings (SSSR count). The third kappa shape index (κ3) is 1.18. The molecule has 0 unspecified atom stereocenters. The van der Waals surface area contributed by atoms with Gasteiger partial charge in [0.15, 0.2) is 11.5 Å². The van der Waals surface area contributed by atoms with Gasteiger partial charge in [-0.15, -0.1) is 0 Å². The van der Waals surface area contributed by atoms with Crippen molar-refractivity contribution in [3.05, 3.63) is 24.3 Å². The van der Waals surface area contributed by atoms with Crippen molar-refractivity contribution in [3.63, 3.8) is 0 Å². The van der Waals surface area contributed by atoms with Gasteiger partial charge in [0.1, 0.15) is 0 Å². The molecule has 1 aromatic rings. The minimum absolute atomic E-state index is 0.421. The van der Waals surface area contributed by atoms with Crippen LogP contribution < -0.4 is 21.5 Å². The van der Waals surface area contributed by atoms with Crippen molar-refractivity contribution < 1.29 is 9.68 Å². The monoisotopic (exact) mass is 140 g/mol. The molecule has 1 aromatic carbocycles. The minimum atomic E-state index is 0.421. The van der Waals surface area contributed by atoms with Crippen LogP contribution in [0.1, 0.15) is 0 Å². The lowest BCUT2D eigenvalue weighted by Crippen LogP contribution is -2.07. The van der Waals surface area contributed by atoms with Crippen LogP contribution in [-0.4, -0.2) is 0 Å². The summed E-state index contributed by atoms with van der Waals surface area (Å²) in [6, 6.07) is 6.85. The van der Waals surface area contributed by atoms with Crippen LogP contribution in [-0.2, 0) is 0 Å². The van der Waals surface area contributed by atoms with Gasteiger partial charge in [-0.25, -0.2) is 0 Å². The quantitative estimate of drug-likeness (QED) is 0.575. The van der Waals surface area contributed by atoms with Crippen LogP contribution in [0.15, 0.2) is 24.3 Å². The molecule has 0 spiro atoms. The zero-order valence-corrected chi connectivity index (χ0v) is 5.28. The Morgan fingerprint density at radius 1 is 0.900 bits per heavy atom. The van der Waals surface area contributed by atoms with Crippen molar-refractivity contribution in [1.29, 1.82) is 0 Å². The second-order valence-electron chi connectivity index (χ2n) is 1.68.